The Hall–Kier alpha value is -1.18. The van der Waals surface area contributed by atoms with Crippen LogP contribution >= 0.6 is 15.2 Å². The minimum absolute atomic E-state index is 0.0967. The third kappa shape index (κ3) is 12.5. The molecule has 0 bridgehead atoms. The molecule has 1 aromatic rings. The van der Waals surface area contributed by atoms with Crippen molar-refractivity contribution >= 4 is 21.3 Å². The van der Waals surface area contributed by atoms with Crippen LogP contribution in [-0.4, -0.2) is 26.4 Å². The Morgan fingerprint density at radius 1 is 0.703 bits per heavy atom. The summed E-state index contributed by atoms with van der Waals surface area (Å²) in [6.07, 6.45) is 13.8. The molecule has 6 nitrogen and oxygen atoms in total. The largest absolute Gasteiger partial charge is 0.369 e. The van der Waals surface area contributed by atoms with Gasteiger partial charge in [0.1, 0.15) is 0 Å². The predicted molar refractivity (Wildman–Crippen MR) is 155 cm³/mol. The highest BCUT2D eigenvalue weighted by Gasteiger charge is 2.45. The van der Waals surface area contributed by atoms with Crippen LogP contribution in [0.2, 0.25) is 0 Å². The van der Waals surface area contributed by atoms with Crippen molar-refractivity contribution in [1.29, 1.82) is 0 Å². The fourth-order valence-corrected chi connectivity index (χ4v) is 8.41. The van der Waals surface area contributed by atoms with Gasteiger partial charge in [0.2, 0.25) is 0 Å². The van der Waals surface area contributed by atoms with Gasteiger partial charge in [-0.3, -0.25) is 9.13 Å². The lowest BCUT2D eigenvalue weighted by molar-refractivity contribution is 0.214. The summed E-state index contributed by atoms with van der Waals surface area (Å²) >= 11 is 0. The van der Waals surface area contributed by atoms with Crippen molar-refractivity contribution in [3.05, 3.63) is 40.4 Å². The van der Waals surface area contributed by atoms with Crippen LogP contribution in [0.15, 0.2) is 29.3 Å². The van der Waals surface area contributed by atoms with Crippen molar-refractivity contribution in [1.82, 2.24) is 0 Å². The molecule has 0 atom stereocenters. The quantitative estimate of drug-likeness (QED) is 0.0907. The number of benzene rings is 1. The van der Waals surface area contributed by atoms with Crippen LogP contribution in [0.4, 0.5) is 0 Å². The summed E-state index contributed by atoms with van der Waals surface area (Å²) in [7, 11) is -7.91. The van der Waals surface area contributed by atoms with Crippen molar-refractivity contribution in [2.45, 2.75) is 98.8 Å². The van der Waals surface area contributed by atoms with E-state index in [1.807, 2.05) is 24.3 Å². The normalized spacial score (nSPS) is 11.7. The smallest absolute Gasteiger partial charge is 0.305 e. The van der Waals surface area contributed by atoms with Gasteiger partial charge in [-0.25, -0.2) is 0 Å². The average Bonchev–Trinajstić information content (AvgIpc) is 2.87. The highest BCUT2D eigenvalue weighted by Crippen LogP contribution is 2.74. The minimum atomic E-state index is -3.95. The molecule has 0 unspecified atom stereocenters. The van der Waals surface area contributed by atoms with Crippen LogP contribution in [0, 0.1) is 11.8 Å². The topological polar surface area (TPSA) is 71.1 Å². The second-order valence-corrected chi connectivity index (χ2v) is 13.0. The van der Waals surface area contributed by atoms with Gasteiger partial charge in [0.15, 0.2) is 5.06 Å². The van der Waals surface area contributed by atoms with Crippen molar-refractivity contribution in [2.24, 2.45) is 0 Å². The molecule has 0 amide bonds. The molecule has 0 spiro atoms. The first kappa shape index (κ1) is 33.8. The molecule has 0 radical (unpaired) electrons. The Kier molecular flexibility index (Phi) is 18.1. The molecule has 0 aliphatic heterocycles. The molecule has 1 rings (SSSR count). The van der Waals surface area contributed by atoms with E-state index in [2.05, 4.69) is 18.8 Å². The third-order valence-corrected chi connectivity index (χ3v) is 10.9. The second kappa shape index (κ2) is 19.8. The molecule has 0 saturated heterocycles. The monoisotopic (exact) mass is 554 g/mol. The van der Waals surface area contributed by atoms with Gasteiger partial charge in [0, 0.05) is 12.0 Å². The summed E-state index contributed by atoms with van der Waals surface area (Å²) < 4.78 is 49.8. The third-order valence-electron chi connectivity index (χ3n) is 5.63. The number of rotatable bonds is 20. The number of unbranched alkanes of at least 4 members (excludes halogenated alkanes) is 9. The summed E-state index contributed by atoms with van der Waals surface area (Å²) in [6.45, 7) is 9.56. The van der Waals surface area contributed by atoms with Gasteiger partial charge < -0.3 is 18.1 Å². The summed E-state index contributed by atoms with van der Waals surface area (Å²) in [5, 5.41) is -0.0967. The maximum atomic E-state index is 13.8. The van der Waals surface area contributed by atoms with Crippen molar-refractivity contribution in [2.75, 3.05) is 26.4 Å². The Bertz CT molecular complexity index is 895. The van der Waals surface area contributed by atoms with Crippen LogP contribution in [0.25, 0.3) is 6.08 Å². The van der Waals surface area contributed by atoms with E-state index in [-0.39, 0.29) is 31.5 Å². The number of hydrogen-bond donors (Lipinski definition) is 0. The molecule has 0 N–H and O–H groups in total. The van der Waals surface area contributed by atoms with E-state index in [9.17, 15) is 9.13 Å². The zero-order valence-corrected chi connectivity index (χ0v) is 25.4. The number of hydrogen-bond acceptors (Lipinski definition) is 6. The lowest BCUT2D eigenvalue weighted by Gasteiger charge is -2.26. The average molecular weight is 555 g/mol. The molecular formula is C29H48O6P2. The van der Waals surface area contributed by atoms with Gasteiger partial charge in [-0.15, -0.1) is 0 Å². The van der Waals surface area contributed by atoms with Gasteiger partial charge in [-0.2, -0.15) is 0 Å². The van der Waals surface area contributed by atoms with E-state index in [1.165, 1.54) is 51.4 Å². The Balaban J connectivity index is 3.10. The fourth-order valence-electron chi connectivity index (χ4n) is 3.88. The van der Waals surface area contributed by atoms with E-state index in [1.54, 1.807) is 33.8 Å². The summed E-state index contributed by atoms with van der Waals surface area (Å²) in [6, 6.07) is 7.49. The van der Waals surface area contributed by atoms with E-state index >= 15 is 0 Å². The van der Waals surface area contributed by atoms with E-state index in [4.69, 9.17) is 18.1 Å². The lowest BCUT2D eigenvalue weighted by atomic mass is 10.1. The first-order valence-electron chi connectivity index (χ1n) is 14.0. The van der Waals surface area contributed by atoms with E-state index in [0.29, 0.717) is 5.56 Å². The zero-order chi connectivity index (χ0) is 27.4. The molecule has 0 aromatic heterocycles. The Morgan fingerprint density at radius 3 is 1.65 bits per heavy atom. The van der Waals surface area contributed by atoms with Crippen LogP contribution in [-0.2, 0) is 27.2 Å². The predicted octanol–water partition coefficient (Wildman–Crippen LogP) is 9.79. The van der Waals surface area contributed by atoms with Crippen LogP contribution in [0.3, 0.4) is 0 Å². The highest BCUT2D eigenvalue weighted by molar-refractivity contribution is 7.79. The van der Waals surface area contributed by atoms with Crippen LogP contribution in [0.5, 0.6) is 0 Å². The second-order valence-electron chi connectivity index (χ2n) is 8.64. The summed E-state index contributed by atoms with van der Waals surface area (Å²) in [5.74, 6) is 6.51. The first-order chi connectivity index (χ1) is 17.9. The van der Waals surface area contributed by atoms with Gasteiger partial charge >= 0.3 is 15.2 Å². The first-order valence-corrected chi connectivity index (χ1v) is 17.1. The molecule has 37 heavy (non-hydrogen) atoms. The van der Waals surface area contributed by atoms with Crippen molar-refractivity contribution in [3.8, 4) is 11.8 Å². The Labute approximate surface area is 226 Å². The van der Waals surface area contributed by atoms with Gasteiger partial charge in [0.25, 0.3) is 0 Å². The molecule has 1 aromatic carbocycles. The van der Waals surface area contributed by atoms with E-state index in [0.717, 1.165) is 18.4 Å². The molecule has 210 valence electrons. The molecule has 0 fully saturated rings. The highest BCUT2D eigenvalue weighted by atomic mass is 31.2. The van der Waals surface area contributed by atoms with Gasteiger partial charge in [0.05, 0.1) is 26.4 Å². The van der Waals surface area contributed by atoms with E-state index < -0.39 is 15.2 Å². The molecule has 0 heterocycles. The maximum absolute atomic E-state index is 13.8. The molecule has 8 heteroatoms. The molecular weight excluding hydrogens is 506 g/mol. The van der Waals surface area contributed by atoms with Crippen LogP contribution in [0.1, 0.15) is 110 Å². The standard InChI is InChI=1S/C29H48O6P2/c1-6-11-12-13-14-15-16-17-18-19-20-23-27-24-21-22-25-28(27)26-29(36(30,32-7-2)33-8-3)37(31,34-9-4)35-10-5/h21-22,24-26H,6-19H2,1-5H3. The maximum Gasteiger partial charge on any atom is 0.369 e. The Morgan fingerprint density at radius 2 is 1.16 bits per heavy atom. The molecule has 0 aliphatic rings. The lowest BCUT2D eigenvalue weighted by Crippen LogP contribution is -2.05. The molecule has 0 saturated carbocycles. The van der Waals surface area contributed by atoms with Crippen molar-refractivity contribution in [3.63, 3.8) is 0 Å². The fraction of sp³-hybridized carbons (Fsp3) is 0.655. The molecule has 0 aliphatic carbocycles. The summed E-state index contributed by atoms with van der Waals surface area (Å²) in [4.78, 5) is 0. The minimum Gasteiger partial charge on any atom is -0.305 e. The summed E-state index contributed by atoms with van der Waals surface area (Å²) in [5.41, 5.74) is 1.41. The SMILES string of the molecule is CCCCCCCCCCCC#Cc1ccccc1C=C(P(=O)(OCC)OCC)P(=O)(OCC)OCC. The van der Waals surface area contributed by atoms with Crippen LogP contribution < -0.4 is 0 Å². The zero-order valence-electron chi connectivity index (χ0n) is 23.6. The van der Waals surface area contributed by atoms with Gasteiger partial charge in [-0.1, -0.05) is 88.3 Å². The van der Waals surface area contributed by atoms with Crippen molar-refractivity contribution < 1.29 is 27.2 Å². The van der Waals surface area contributed by atoms with Gasteiger partial charge in [-0.05, 0) is 51.8 Å².